The van der Waals surface area contributed by atoms with Crippen LogP contribution in [-0.2, 0) is 21.4 Å². The summed E-state index contributed by atoms with van der Waals surface area (Å²) in [5.74, 6) is -0.272. The van der Waals surface area contributed by atoms with Crippen molar-refractivity contribution in [1.82, 2.24) is 5.32 Å². The van der Waals surface area contributed by atoms with Crippen molar-refractivity contribution >= 4 is 27.7 Å². The molecule has 1 aromatic rings. The second-order valence-corrected chi connectivity index (χ2v) is 6.64. The number of amides is 2. The van der Waals surface area contributed by atoms with Gasteiger partial charge in [0.25, 0.3) is 0 Å². The topological polar surface area (TPSA) is 72.2 Å². The van der Waals surface area contributed by atoms with Gasteiger partial charge < -0.3 is 11.1 Å². The summed E-state index contributed by atoms with van der Waals surface area (Å²) in [4.78, 5) is 22.8. The molecule has 20 heavy (non-hydrogen) atoms. The van der Waals surface area contributed by atoms with E-state index in [9.17, 15) is 9.59 Å². The lowest BCUT2D eigenvalue weighted by Crippen LogP contribution is -2.31. The lowest BCUT2D eigenvalue weighted by atomic mass is 9.95. The summed E-state index contributed by atoms with van der Waals surface area (Å²) in [6, 6.07) is 6.35. The Morgan fingerprint density at radius 3 is 3.00 bits per heavy atom. The van der Waals surface area contributed by atoms with Crippen molar-refractivity contribution in [2.75, 3.05) is 6.54 Å². The number of rotatable bonds is 4. The quantitative estimate of drug-likeness (QED) is 0.877. The van der Waals surface area contributed by atoms with E-state index in [2.05, 4.69) is 33.4 Å². The van der Waals surface area contributed by atoms with Gasteiger partial charge in [0.1, 0.15) is 0 Å². The summed E-state index contributed by atoms with van der Waals surface area (Å²) < 4.78 is 1.09. The van der Waals surface area contributed by atoms with Crippen LogP contribution < -0.4 is 11.1 Å². The molecule has 1 spiro atoms. The zero-order valence-electron chi connectivity index (χ0n) is 11.1. The SMILES string of the molecule is NC(=O)CCNC(=O)[C@@H]1C[C@@]12CCc1cc(Br)ccc12. The van der Waals surface area contributed by atoms with Gasteiger partial charge in [-0.25, -0.2) is 0 Å². The summed E-state index contributed by atoms with van der Waals surface area (Å²) >= 11 is 3.49. The van der Waals surface area contributed by atoms with E-state index >= 15 is 0 Å². The number of nitrogens with one attached hydrogen (secondary N) is 1. The normalized spacial score (nSPS) is 26.4. The Morgan fingerprint density at radius 1 is 1.45 bits per heavy atom. The monoisotopic (exact) mass is 336 g/mol. The average Bonchev–Trinajstić information content (AvgIpc) is 3.01. The highest BCUT2D eigenvalue weighted by Crippen LogP contribution is 2.61. The molecule has 2 aliphatic carbocycles. The van der Waals surface area contributed by atoms with Crippen LogP contribution >= 0.6 is 15.9 Å². The van der Waals surface area contributed by atoms with Crippen molar-refractivity contribution in [2.45, 2.75) is 31.1 Å². The maximum absolute atomic E-state index is 12.2. The van der Waals surface area contributed by atoms with Gasteiger partial charge in [0.2, 0.25) is 11.8 Å². The molecule has 3 rings (SSSR count). The summed E-state index contributed by atoms with van der Waals surface area (Å²) in [6.45, 7) is 0.341. The van der Waals surface area contributed by atoms with Crippen LogP contribution in [-0.4, -0.2) is 18.4 Å². The number of benzene rings is 1. The first kappa shape index (κ1) is 13.6. The smallest absolute Gasteiger partial charge is 0.224 e. The van der Waals surface area contributed by atoms with E-state index in [4.69, 9.17) is 5.73 Å². The first-order valence-corrected chi connectivity index (χ1v) is 7.67. The molecule has 0 aromatic heterocycles. The minimum Gasteiger partial charge on any atom is -0.370 e. The first-order valence-electron chi connectivity index (χ1n) is 6.88. The van der Waals surface area contributed by atoms with Crippen molar-refractivity contribution < 1.29 is 9.59 Å². The molecule has 106 valence electrons. The molecule has 4 nitrogen and oxygen atoms in total. The van der Waals surface area contributed by atoms with Crippen molar-refractivity contribution in [2.24, 2.45) is 11.7 Å². The third kappa shape index (κ3) is 2.24. The highest BCUT2D eigenvalue weighted by molar-refractivity contribution is 9.10. The third-order valence-electron chi connectivity index (χ3n) is 4.51. The van der Waals surface area contributed by atoms with Gasteiger partial charge in [-0.15, -0.1) is 0 Å². The van der Waals surface area contributed by atoms with Gasteiger partial charge in [0.15, 0.2) is 0 Å². The fourth-order valence-corrected chi connectivity index (χ4v) is 3.81. The molecule has 0 saturated heterocycles. The van der Waals surface area contributed by atoms with E-state index in [-0.39, 0.29) is 29.6 Å². The van der Waals surface area contributed by atoms with Gasteiger partial charge in [0.05, 0.1) is 0 Å². The lowest BCUT2D eigenvalue weighted by molar-refractivity contribution is -0.123. The maximum atomic E-state index is 12.2. The number of fused-ring (bicyclic) bond motifs is 2. The van der Waals surface area contributed by atoms with Crippen LogP contribution in [0.2, 0.25) is 0 Å². The van der Waals surface area contributed by atoms with E-state index in [0.29, 0.717) is 6.54 Å². The van der Waals surface area contributed by atoms with Gasteiger partial charge in [-0.3, -0.25) is 9.59 Å². The highest BCUT2D eigenvalue weighted by Gasteiger charge is 2.61. The Balaban J connectivity index is 1.67. The molecule has 2 aliphatic rings. The largest absolute Gasteiger partial charge is 0.370 e. The van der Waals surface area contributed by atoms with E-state index in [1.807, 2.05) is 6.07 Å². The molecule has 3 N–H and O–H groups in total. The van der Waals surface area contributed by atoms with E-state index in [0.717, 1.165) is 23.7 Å². The molecule has 1 aromatic carbocycles. The van der Waals surface area contributed by atoms with Crippen LogP contribution in [0.25, 0.3) is 0 Å². The van der Waals surface area contributed by atoms with Crippen molar-refractivity contribution in [3.8, 4) is 0 Å². The van der Waals surface area contributed by atoms with Crippen LogP contribution in [0.1, 0.15) is 30.4 Å². The molecule has 2 atom stereocenters. The summed E-state index contributed by atoms with van der Waals surface area (Å²) in [6.07, 6.45) is 3.21. The van der Waals surface area contributed by atoms with E-state index < -0.39 is 0 Å². The Morgan fingerprint density at radius 2 is 2.25 bits per heavy atom. The van der Waals surface area contributed by atoms with Crippen LogP contribution in [0.4, 0.5) is 0 Å². The number of carbonyl (C=O) groups excluding carboxylic acids is 2. The average molecular weight is 337 g/mol. The molecule has 1 saturated carbocycles. The molecule has 0 radical (unpaired) electrons. The number of halogens is 1. The van der Waals surface area contributed by atoms with Gasteiger partial charge >= 0.3 is 0 Å². The van der Waals surface area contributed by atoms with Gasteiger partial charge in [0, 0.05) is 28.8 Å². The predicted molar refractivity (Wildman–Crippen MR) is 79.1 cm³/mol. The molecular formula is C15H17BrN2O2. The molecule has 1 fully saturated rings. The summed E-state index contributed by atoms with van der Waals surface area (Å²) in [5.41, 5.74) is 7.80. The van der Waals surface area contributed by atoms with Crippen LogP contribution in [0.15, 0.2) is 22.7 Å². The van der Waals surface area contributed by atoms with E-state index in [1.165, 1.54) is 11.1 Å². The van der Waals surface area contributed by atoms with Crippen molar-refractivity contribution in [1.29, 1.82) is 0 Å². The van der Waals surface area contributed by atoms with Crippen molar-refractivity contribution in [3.63, 3.8) is 0 Å². The van der Waals surface area contributed by atoms with Gasteiger partial charge in [-0.2, -0.15) is 0 Å². The molecule has 0 aliphatic heterocycles. The molecule has 0 heterocycles. The number of hydrogen-bond donors (Lipinski definition) is 2. The molecule has 0 unspecified atom stereocenters. The Kier molecular flexibility index (Phi) is 3.32. The molecule has 2 amide bonds. The number of aryl methyl sites for hydroxylation is 1. The summed E-state index contributed by atoms with van der Waals surface area (Å²) in [5, 5.41) is 2.82. The number of carbonyl (C=O) groups is 2. The van der Waals surface area contributed by atoms with Gasteiger partial charge in [-0.05, 0) is 42.5 Å². The van der Waals surface area contributed by atoms with Crippen LogP contribution in [0.3, 0.4) is 0 Å². The fourth-order valence-electron chi connectivity index (χ4n) is 3.40. The Hall–Kier alpha value is -1.36. The summed E-state index contributed by atoms with van der Waals surface area (Å²) in [7, 11) is 0. The lowest BCUT2D eigenvalue weighted by Gasteiger charge is -2.11. The molecular weight excluding hydrogens is 320 g/mol. The molecule has 5 heteroatoms. The zero-order chi connectivity index (χ0) is 14.3. The van der Waals surface area contributed by atoms with Gasteiger partial charge in [-0.1, -0.05) is 22.0 Å². The predicted octanol–water partition coefficient (Wildman–Crippen LogP) is 1.64. The van der Waals surface area contributed by atoms with Crippen molar-refractivity contribution in [3.05, 3.63) is 33.8 Å². The minimum atomic E-state index is -0.383. The van der Waals surface area contributed by atoms with Crippen LogP contribution in [0.5, 0.6) is 0 Å². The standard InChI is InChI=1S/C15H17BrN2O2/c16-10-1-2-11-9(7-10)3-5-15(11)8-12(15)14(20)18-6-4-13(17)19/h1-2,7,12H,3-6,8H2,(H2,17,19)(H,18,20)/t12-,15+/m0/s1. The Labute approximate surface area is 126 Å². The first-order chi connectivity index (χ1) is 9.53. The fraction of sp³-hybridized carbons (Fsp3) is 0.467. The Bertz CT molecular complexity index is 587. The number of hydrogen-bond acceptors (Lipinski definition) is 2. The maximum Gasteiger partial charge on any atom is 0.224 e. The second kappa shape index (κ2) is 4.88. The van der Waals surface area contributed by atoms with E-state index in [1.54, 1.807) is 0 Å². The third-order valence-corrected chi connectivity index (χ3v) is 5.00. The van der Waals surface area contributed by atoms with Crippen LogP contribution in [0, 0.1) is 5.92 Å². The number of nitrogens with two attached hydrogens (primary N) is 1. The molecule has 0 bridgehead atoms. The number of primary amides is 1. The highest BCUT2D eigenvalue weighted by atomic mass is 79.9. The second-order valence-electron chi connectivity index (χ2n) is 5.72. The zero-order valence-corrected chi connectivity index (χ0v) is 12.7. The minimum absolute atomic E-state index is 0.0485.